The number of fused-ring (bicyclic) bond motifs is 4. The van der Waals surface area contributed by atoms with Crippen molar-refractivity contribution < 1.29 is 0 Å². The molecule has 0 radical (unpaired) electrons. The van der Waals surface area contributed by atoms with Gasteiger partial charge in [-0.15, -0.1) is 0 Å². The third-order valence-electron chi connectivity index (χ3n) is 10.3. The summed E-state index contributed by atoms with van der Waals surface area (Å²) in [5.74, 6) is 0. The van der Waals surface area contributed by atoms with Gasteiger partial charge in [-0.1, -0.05) is 156 Å². The van der Waals surface area contributed by atoms with Crippen LogP contribution in [0.3, 0.4) is 0 Å². The first kappa shape index (κ1) is 31.1. The maximum atomic E-state index is 5.19. The molecule has 0 fully saturated rings. The summed E-state index contributed by atoms with van der Waals surface area (Å²) < 4.78 is 0. The van der Waals surface area contributed by atoms with Gasteiger partial charge in [0.2, 0.25) is 0 Å². The molecule has 236 valence electrons. The molecule has 0 saturated carbocycles. The minimum absolute atomic E-state index is 0.0570. The summed E-state index contributed by atoms with van der Waals surface area (Å²) in [4.78, 5) is 10.1. The van der Waals surface area contributed by atoms with Crippen LogP contribution in [0.1, 0.15) is 89.2 Å². The van der Waals surface area contributed by atoms with E-state index in [0.717, 1.165) is 28.0 Å². The minimum Gasteiger partial charge on any atom is -0.254 e. The summed E-state index contributed by atoms with van der Waals surface area (Å²) in [7, 11) is 0. The topological polar surface area (TPSA) is 25.8 Å². The van der Waals surface area contributed by atoms with E-state index in [-0.39, 0.29) is 5.41 Å². The molecule has 0 unspecified atom stereocenters. The van der Waals surface area contributed by atoms with Crippen molar-refractivity contribution in [2.24, 2.45) is 0 Å². The Labute approximate surface area is 281 Å². The van der Waals surface area contributed by atoms with Crippen LogP contribution in [-0.4, -0.2) is 9.97 Å². The number of pyridine rings is 2. The molecular formula is C45H46N2. The highest BCUT2D eigenvalue weighted by atomic mass is 14.8. The number of rotatable bonds is 13. The predicted octanol–water partition coefficient (Wildman–Crippen LogP) is 12.8. The van der Waals surface area contributed by atoms with Crippen LogP contribution in [0.15, 0.2) is 121 Å². The summed E-state index contributed by atoms with van der Waals surface area (Å²) in [5, 5.41) is 2.32. The quantitative estimate of drug-likeness (QED) is 0.121. The second kappa shape index (κ2) is 14.1. The molecule has 6 aromatic rings. The lowest BCUT2D eigenvalue weighted by Gasteiger charge is -2.33. The van der Waals surface area contributed by atoms with E-state index in [0.29, 0.717) is 0 Å². The highest BCUT2D eigenvalue weighted by Crippen LogP contribution is 2.55. The number of nitrogens with zero attached hydrogens (tertiary/aromatic N) is 2. The van der Waals surface area contributed by atoms with E-state index in [9.17, 15) is 0 Å². The van der Waals surface area contributed by atoms with E-state index in [2.05, 4.69) is 129 Å². The Morgan fingerprint density at radius 2 is 1.13 bits per heavy atom. The molecule has 2 heteroatoms. The Hall–Kier alpha value is -4.56. The fourth-order valence-electron chi connectivity index (χ4n) is 7.81. The van der Waals surface area contributed by atoms with Crippen molar-refractivity contribution in [3.8, 4) is 44.9 Å². The average molecular weight is 615 g/mol. The zero-order valence-corrected chi connectivity index (χ0v) is 28.0. The molecule has 0 N–H and O–H groups in total. The smallest absolute Gasteiger partial charge is 0.0900 e. The Bertz CT molecular complexity index is 1960. The largest absolute Gasteiger partial charge is 0.254 e. The molecule has 7 rings (SSSR count). The Kier molecular flexibility index (Phi) is 9.29. The zero-order valence-electron chi connectivity index (χ0n) is 28.0. The zero-order chi connectivity index (χ0) is 32.1. The van der Waals surface area contributed by atoms with E-state index >= 15 is 0 Å². The van der Waals surface area contributed by atoms with Gasteiger partial charge in [-0.2, -0.15) is 0 Å². The first-order chi connectivity index (χ1) is 23.2. The molecule has 2 heterocycles. The molecule has 0 atom stereocenters. The van der Waals surface area contributed by atoms with Gasteiger partial charge >= 0.3 is 0 Å². The van der Waals surface area contributed by atoms with Gasteiger partial charge in [-0.3, -0.25) is 4.98 Å². The minimum atomic E-state index is 0.0570. The fraction of sp³-hybridized carbons (Fsp3) is 0.289. The molecule has 0 saturated heterocycles. The number of benzene rings is 4. The molecule has 1 aliphatic carbocycles. The second-order valence-corrected chi connectivity index (χ2v) is 13.4. The SMILES string of the molecule is CCCCCCC1(CCCCCC)c2ccccc2-c2ccc(-c3cc(-c4ccccc4)nc(-c4cc5ccccc5cn4)c3)cc21. The van der Waals surface area contributed by atoms with Gasteiger partial charge in [0, 0.05) is 22.6 Å². The first-order valence-electron chi connectivity index (χ1n) is 17.9. The predicted molar refractivity (Wildman–Crippen MR) is 200 cm³/mol. The molecule has 4 aromatic carbocycles. The van der Waals surface area contributed by atoms with Crippen molar-refractivity contribution in [1.82, 2.24) is 9.97 Å². The highest BCUT2D eigenvalue weighted by Gasteiger charge is 2.42. The Morgan fingerprint density at radius 3 is 1.89 bits per heavy atom. The molecule has 1 aliphatic rings. The molecule has 47 heavy (non-hydrogen) atoms. The molecule has 0 spiro atoms. The Morgan fingerprint density at radius 1 is 0.468 bits per heavy atom. The number of unbranched alkanes of at least 4 members (excludes halogenated alkanes) is 6. The third kappa shape index (κ3) is 6.26. The van der Waals surface area contributed by atoms with Crippen LogP contribution in [0, 0.1) is 0 Å². The van der Waals surface area contributed by atoms with Crippen LogP contribution in [0.5, 0.6) is 0 Å². The van der Waals surface area contributed by atoms with Crippen molar-refractivity contribution >= 4 is 10.8 Å². The van der Waals surface area contributed by atoms with Gasteiger partial charge in [0.05, 0.1) is 17.1 Å². The van der Waals surface area contributed by atoms with Crippen molar-refractivity contribution in [2.45, 2.75) is 83.5 Å². The number of hydrogen-bond acceptors (Lipinski definition) is 2. The normalized spacial score (nSPS) is 13.1. The lowest BCUT2D eigenvalue weighted by molar-refractivity contribution is 0.401. The van der Waals surface area contributed by atoms with E-state index in [1.165, 1.54) is 97.4 Å². The maximum Gasteiger partial charge on any atom is 0.0900 e. The summed E-state index contributed by atoms with van der Waals surface area (Å²) >= 11 is 0. The Balaban J connectivity index is 1.37. The summed E-state index contributed by atoms with van der Waals surface area (Å²) in [5.41, 5.74) is 12.3. The van der Waals surface area contributed by atoms with Crippen molar-refractivity contribution in [1.29, 1.82) is 0 Å². The number of hydrogen-bond donors (Lipinski definition) is 0. The van der Waals surface area contributed by atoms with E-state index in [1.54, 1.807) is 5.56 Å². The van der Waals surface area contributed by atoms with E-state index in [4.69, 9.17) is 9.97 Å². The van der Waals surface area contributed by atoms with Gasteiger partial charge in [0.1, 0.15) is 0 Å². The highest BCUT2D eigenvalue weighted by molar-refractivity contribution is 5.87. The van der Waals surface area contributed by atoms with Crippen LogP contribution >= 0.6 is 0 Å². The lowest BCUT2D eigenvalue weighted by Crippen LogP contribution is -2.25. The van der Waals surface area contributed by atoms with Crippen molar-refractivity contribution in [3.05, 3.63) is 133 Å². The summed E-state index contributed by atoms with van der Waals surface area (Å²) in [6.45, 7) is 4.63. The van der Waals surface area contributed by atoms with Crippen molar-refractivity contribution in [2.75, 3.05) is 0 Å². The van der Waals surface area contributed by atoms with Crippen LogP contribution in [-0.2, 0) is 5.41 Å². The molecule has 0 bridgehead atoms. The lowest BCUT2D eigenvalue weighted by atomic mass is 9.70. The van der Waals surface area contributed by atoms with Gasteiger partial charge in [-0.25, -0.2) is 4.98 Å². The van der Waals surface area contributed by atoms with Crippen LogP contribution < -0.4 is 0 Å². The molecule has 2 nitrogen and oxygen atoms in total. The second-order valence-electron chi connectivity index (χ2n) is 13.4. The van der Waals surface area contributed by atoms with Gasteiger partial charge < -0.3 is 0 Å². The molecule has 0 amide bonds. The first-order valence-corrected chi connectivity index (χ1v) is 17.9. The van der Waals surface area contributed by atoms with Crippen LogP contribution in [0.4, 0.5) is 0 Å². The average Bonchev–Trinajstić information content (AvgIpc) is 3.41. The standard InChI is InChI=1S/C45H46N2/c1-3-5-7-16-26-45(27-17-8-6-4-2)40-23-15-14-22-38(40)39-25-24-35(28-41(39)45)37-30-42(33-18-10-9-11-19-33)47-44(31-37)43-29-34-20-12-13-21-36(34)32-46-43/h9-15,18-25,28-32H,3-8,16-17,26-27H2,1-2H3. The van der Waals surface area contributed by atoms with E-state index < -0.39 is 0 Å². The maximum absolute atomic E-state index is 5.19. The number of aromatic nitrogens is 2. The summed E-state index contributed by atoms with van der Waals surface area (Å²) in [6.07, 6.45) is 14.7. The van der Waals surface area contributed by atoms with Gasteiger partial charge in [-0.05, 0) is 75.9 Å². The van der Waals surface area contributed by atoms with E-state index in [1.807, 2.05) is 6.20 Å². The molecule has 0 aliphatic heterocycles. The molecule has 2 aromatic heterocycles. The third-order valence-corrected chi connectivity index (χ3v) is 10.3. The molecular weight excluding hydrogens is 569 g/mol. The van der Waals surface area contributed by atoms with Gasteiger partial charge in [0.15, 0.2) is 0 Å². The van der Waals surface area contributed by atoms with Crippen LogP contribution in [0.2, 0.25) is 0 Å². The van der Waals surface area contributed by atoms with Crippen LogP contribution in [0.25, 0.3) is 55.7 Å². The summed E-state index contributed by atoms with van der Waals surface area (Å²) in [6, 6.07) is 42.2. The fourth-order valence-corrected chi connectivity index (χ4v) is 7.81. The van der Waals surface area contributed by atoms with Gasteiger partial charge in [0.25, 0.3) is 0 Å². The monoisotopic (exact) mass is 614 g/mol. The van der Waals surface area contributed by atoms with Crippen molar-refractivity contribution in [3.63, 3.8) is 0 Å².